The number of nitrogens with one attached hydrogen (secondary N) is 1. The Hall–Kier alpha value is -3.84. The number of carbonyl (C=O) groups is 2. The van der Waals surface area contributed by atoms with E-state index in [-0.39, 0.29) is 11.7 Å². The summed E-state index contributed by atoms with van der Waals surface area (Å²) in [5, 5.41) is 3.62. The molecule has 166 valence electrons. The number of nitrogens with two attached hydrogens (primary N) is 1. The van der Waals surface area contributed by atoms with Gasteiger partial charge in [0.2, 0.25) is 11.8 Å². The third-order valence-electron chi connectivity index (χ3n) is 5.21. The molecule has 0 fully saturated rings. The molecule has 0 radical (unpaired) electrons. The summed E-state index contributed by atoms with van der Waals surface area (Å²) in [7, 11) is 0. The van der Waals surface area contributed by atoms with Gasteiger partial charge >= 0.3 is 0 Å². The number of anilines is 1. The molecule has 6 nitrogen and oxygen atoms in total. The van der Waals surface area contributed by atoms with Gasteiger partial charge in [-0.1, -0.05) is 66.4 Å². The first-order valence-corrected chi connectivity index (χ1v) is 11.6. The van der Waals surface area contributed by atoms with E-state index >= 15 is 0 Å². The number of carbonyl (C=O) groups excluding carboxylic acids is 2. The second-order valence-electron chi connectivity index (χ2n) is 7.39. The van der Waals surface area contributed by atoms with E-state index in [2.05, 4.69) is 58.2 Å². The summed E-state index contributed by atoms with van der Waals surface area (Å²) in [6.45, 7) is 2.81. The van der Waals surface area contributed by atoms with E-state index in [9.17, 15) is 9.59 Å². The van der Waals surface area contributed by atoms with Crippen molar-refractivity contribution in [3.63, 3.8) is 0 Å². The fourth-order valence-electron chi connectivity index (χ4n) is 3.52. The number of thioether (sulfide) groups is 1. The van der Waals surface area contributed by atoms with Crippen molar-refractivity contribution in [3.8, 4) is 22.4 Å². The first-order chi connectivity index (χ1) is 16.0. The van der Waals surface area contributed by atoms with Gasteiger partial charge in [0.05, 0.1) is 17.6 Å². The van der Waals surface area contributed by atoms with Gasteiger partial charge in [0.25, 0.3) is 0 Å². The predicted molar refractivity (Wildman–Crippen MR) is 133 cm³/mol. The SMILES string of the molecule is CCn1c(-c2ccc(-c3ccccc3)cc2)cnc1SCC(=O)Nc1ccc(C(N)=O)cc1. The molecule has 0 atom stereocenters. The molecular formula is C26H24N4O2S. The van der Waals surface area contributed by atoms with Crippen LogP contribution < -0.4 is 11.1 Å². The highest BCUT2D eigenvalue weighted by molar-refractivity contribution is 7.99. The third-order valence-corrected chi connectivity index (χ3v) is 6.20. The van der Waals surface area contributed by atoms with Gasteiger partial charge in [-0.25, -0.2) is 4.98 Å². The second kappa shape index (κ2) is 10.2. The van der Waals surface area contributed by atoms with E-state index in [1.807, 2.05) is 24.4 Å². The zero-order valence-corrected chi connectivity index (χ0v) is 19.0. The average Bonchev–Trinajstić information content (AvgIpc) is 3.26. The number of primary amides is 1. The van der Waals surface area contributed by atoms with Crippen LogP contribution in [-0.4, -0.2) is 27.1 Å². The van der Waals surface area contributed by atoms with E-state index in [4.69, 9.17) is 5.73 Å². The molecule has 33 heavy (non-hydrogen) atoms. The molecule has 1 aromatic heterocycles. The van der Waals surface area contributed by atoms with Crippen LogP contribution in [0.4, 0.5) is 5.69 Å². The minimum Gasteiger partial charge on any atom is -0.366 e. The van der Waals surface area contributed by atoms with Crippen molar-refractivity contribution in [2.75, 3.05) is 11.1 Å². The lowest BCUT2D eigenvalue weighted by atomic mass is 10.0. The highest BCUT2D eigenvalue weighted by Crippen LogP contribution is 2.28. The van der Waals surface area contributed by atoms with E-state index < -0.39 is 5.91 Å². The van der Waals surface area contributed by atoms with Crippen molar-refractivity contribution in [1.82, 2.24) is 9.55 Å². The van der Waals surface area contributed by atoms with Gasteiger partial charge in [-0.2, -0.15) is 0 Å². The standard InChI is InChI=1S/C26H24N4O2S/c1-2-30-23(20-10-8-19(9-11-20)18-6-4-3-5-7-18)16-28-26(30)33-17-24(31)29-22-14-12-21(13-15-22)25(27)32/h3-16H,2,17H2,1H3,(H2,27,32)(H,29,31). The first kappa shape index (κ1) is 22.4. The Morgan fingerprint density at radius 3 is 2.18 bits per heavy atom. The van der Waals surface area contributed by atoms with E-state index in [0.29, 0.717) is 11.3 Å². The lowest BCUT2D eigenvalue weighted by Crippen LogP contribution is -2.15. The summed E-state index contributed by atoms with van der Waals surface area (Å²) < 4.78 is 2.11. The average molecular weight is 457 g/mol. The lowest BCUT2D eigenvalue weighted by Gasteiger charge is -2.10. The van der Waals surface area contributed by atoms with Crippen LogP contribution in [0, 0.1) is 0 Å². The second-order valence-corrected chi connectivity index (χ2v) is 8.33. The van der Waals surface area contributed by atoms with Crippen molar-refractivity contribution < 1.29 is 9.59 Å². The molecule has 4 aromatic rings. The molecule has 0 bridgehead atoms. The summed E-state index contributed by atoms with van der Waals surface area (Å²) in [5.74, 6) is -0.423. The maximum atomic E-state index is 12.4. The van der Waals surface area contributed by atoms with Gasteiger partial charge in [0, 0.05) is 17.8 Å². The molecule has 3 N–H and O–H groups in total. The normalized spacial score (nSPS) is 10.7. The zero-order chi connectivity index (χ0) is 23.2. The van der Waals surface area contributed by atoms with Crippen LogP contribution in [0.25, 0.3) is 22.4 Å². The number of rotatable bonds is 8. The molecule has 3 aromatic carbocycles. The molecule has 4 rings (SSSR count). The molecule has 0 saturated heterocycles. The van der Waals surface area contributed by atoms with Crippen molar-refractivity contribution in [1.29, 1.82) is 0 Å². The predicted octanol–water partition coefficient (Wildman–Crippen LogP) is 5.07. The Morgan fingerprint density at radius 2 is 1.55 bits per heavy atom. The number of hydrogen-bond donors (Lipinski definition) is 2. The number of imidazole rings is 1. The Morgan fingerprint density at radius 1 is 0.909 bits per heavy atom. The van der Waals surface area contributed by atoms with Gasteiger partial charge < -0.3 is 15.6 Å². The highest BCUT2D eigenvalue weighted by atomic mass is 32.2. The summed E-state index contributed by atoms with van der Waals surface area (Å²) >= 11 is 1.39. The molecule has 7 heteroatoms. The van der Waals surface area contributed by atoms with Crippen molar-refractivity contribution >= 4 is 29.3 Å². The minimum atomic E-state index is -0.500. The Labute approximate surface area is 196 Å². The quantitative estimate of drug-likeness (QED) is 0.362. The Balaban J connectivity index is 1.42. The summed E-state index contributed by atoms with van der Waals surface area (Å²) in [6.07, 6.45) is 1.85. The smallest absolute Gasteiger partial charge is 0.248 e. The van der Waals surface area contributed by atoms with Gasteiger partial charge in [-0.3, -0.25) is 9.59 Å². The van der Waals surface area contributed by atoms with E-state index in [0.717, 1.165) is 28.5 Å². The Bertz CT molecular complexity index is 1250. The monoisotopic (exact) mass is 456 g/mol. The molecule has 2 amide bonds. The van der Waals surface area contributed by atoms with E-state index in [1.165, 1.54) is 17.3 Å². The minimum absolute atomic E-state index is 0.147. The van der Waals surface area contributed by atoms with E-state index in [1.54, 1.807) is 24.3 Å². The molecule has 0 aliphatic rings. The van der Waals surface area contributed by atoms with Gasteiger partial charge in [-0.05, 0) is 47.9 Å². The van der Waals surface area contributed by atoms with Crippen LogP contribution in [0.2, 0.25) is 0 Å². The maximum absolute atomic E-state index is 12.4. The summed E-state index contributed by atoms with van der Waals surface area (Å²) in [4.78, 5) is 28.1. The highest BCUT2D eigenvalue weighted by Gasteiger charge is 2.13. The van der Waals surface area contributed by atoms with Crippen molar-refractivity contribution in [3.05, 3.63) is 90.6 Å². The Kier molecular flexibility index (Phi) is 6.90. The first-order valence-electron chi connectivity index (χ1n) is 10.6. The van der Waals surface area contributed by atoms with Crippen LogP contribution in [-0.2, 0) is 11.3 Å². The largest absolute Gasteiger partial charge is 0.366 e. The fraction of sp³-hybridized carbons (Fsp3) is 0.115. The third kappa shape index (κ3) is 5.32. The van der Waals surface area contributed by atoms with Gasteiger partial charge in [0.1, 0.15) is 0 Å². The number of amides is 2. The lowest BCUT2D eigenvalue weighted by molar-refractivity contribution is -0.113. The molecule has 0 unspecified atom stereocenters. The van der Waals surface area contributed by atoms with Crippen LogP contribution in [0.15, 0.2) is 90.2 Å². The molecule has 0 aliphatic carbocycles. The van der Waals surface area contributed by atoms with Crippen LogP contribution in [0.3, 0.4) is 0 Å². The van der Waals surface area contributed by atoms with Crippen molar-refractivity contribution in [2.24, 2.45) is 5.73 Å². The van der Waals surface area contributed by atoms with Crippen molar-refractivity contribution in [2.45, 2.75) is 18.6 Å². The topological polar surface area (TPSA) is 90.0 Å². The summed E-state index contributed by atoms with van der Waals surface area (Å²) in [6, 6.07) is 25.2. The van der Waals surface area contributed by atoms with Crippen LogP contribution >= 0.6 is 11.8 Å². The number of hydrogen-bond acceptors (Lipinski definition) is 4. The molecule has 0 saturated carbocycles. The number of aromatic nitrogens is 2. The number of nitrogens with zero attached hydrogens (tertiary/aromatic N) is 2. The molecular weight excluding hydrogens is 432 g/mol. The van der Waals surface area contributed by atoms with Crippen LogP contribution in [0.1, 0.15) is 17.3 Å². The summed E-state index contributed by atoms with van der Waals surface area (Å²) in [5.41, 5.74) is 10.7. The molecule has 0 spiro atoms. The number of benzene rings is 3. The molecule has 1 heterocycles. The fourth-order valence-corrected chi connectivity index (χ4v) is 4.36. The molecule has 0 aliphatic heterocycles. The zero-order valence-electron chi connectivity index (χ0n) is 18.2. The maximum Gasteiger partial charge on any atom is 0.248 e. The van der Waals surface area contributed by atoms with Gasteiger partial charge in [0.15, 0.2) is 5.16 Å². The van der Waals surface area contributed by atoms with Crippen LogP contribution in [0.5, 0.6) is 0 Å². The van der Waals surface area contributed by atoms with Gasteiger partial charge in [-0.15, -0.1) is 0 Å².